The van der Waals surface area contributed by atoms with Crippen LogP contribution in [0.25, 0.3) is 104 Å². The second-order valence-electron chi connectivity index (χ2n) is 17.4. The summed E-state index contributed by atoms with van der Waals surface area (Å²) in [4.78, 5) is 25.2. The molecule has 0 atom stereocenters. The number of rotatable bonds is 12. The van der Waals surface area contributed by atoms with Gasteiger partial charge in [-0.15, -0.1) is 6.58 Å². The van der Waals surface area contributed by atoms with Gasteiger partial charge in [-0.3, -0.25) is 29.9 Å². The maximum Gasteiger partial charge on any atom is 0.0702 e. The van der Waals surface area contributed by atoms with Crippen LogP contribution in [0.5, 0.6) is 0 Å². The predicted molar refractivity (Wildman–Crippen MR) is 323 cm³/mol. The summed E-state index contributed by atoms with van der Waals surface area (Å²) in [6, 6.07) is 58.8. The van der Waals surface area contributed by atoms with Gasteiger partial charge in [-0.25, -0.2) is 0 Å². The van der Waals surface area contributed by atoms with Crippen molar-refractivity contribution in [3.8, 4) is 55.6 Å². The van der Waals surface area contributed by atoms with Gasteiger partial charge in [0.25, 0.3) is 0 Å². The summed E-state index contributed by atoms with van der Waals surface area (Å²) >= 11 is 0. The van der Waals surface area contributed by atoms with Crippen molar-refractivity contribution < 1.29 is 0 Å². The summed E-state index contributed by atoms with van der Waals surface area (Å²) in [6.45, 7) is 21.3. The van der Waals surface area contributed by atoms with Gasteiger partial charge in [0, 0.05) is 84.9 Å². The highest BCUT2D eigenvalue weighted by Crippen LogP contribution is 2.44. The van der Waals surface area contributed by atoms with Crippen LogP contribution in [0.3, 0.4) is 0 Å². The Hall–Kier alpha value is -9.78. The molecule has 364 valence electrons. The molecule has 0 radical (unpaired) electrons. The minimum Gasteiger partial charge on any atom is -0.269 e. The van der Waals surface area contributed by atoms with Gasteiger partial charge in [0.1, 0.15) is 0 Å². The molecule has 0 spiro atoms. The minimum absolute atomic E-state index is 0.796. The third kappa shape index (κ3) is 12.6. The van der Waals surface area contributed by atoms with Gasteiger partial charge in [-0.2, -0.15) is 0 Å². The van der Waals surface area contributed by atoms with Gasteiger partial charge in [-0.1, -0.05) is 142 Å². The highest BCUT2D eigenvalue weighted by Gasteiger charge is 2.17. The molecule has 0 aliphatic heterocycles. The van der Waals surface area contributed by atoms with E-state index in [-0.39, 0.29) is 0 Å². The highest BCUT2D eigenvalue weighted by molar-refractivity contribution is 6.27. The monoisotopic (exact) mass is 970 g/mol. The number of hydrogen-bond acceptors (Lipinski definition) is 6. The smallest absolute Gasteiger partial charge is 0.0702 e. The predicted octanol–water partition coefficient (Wildman–Crippen LogP) is 18.5. The highest BCUT2D eigenvalue weighted by atomic mass is 14.7. The molecule has 0 saturated heterocycles. The summed E-state index contributed by atoms with van der Waals surface area (Å²) < 4.78 is 0. The van der Waals surface area contributed by atoms with Crippen molar-refractivity contribution in [3.05, 3.63) is 276 Å². The van der Waals surface area contributed by atoms with Crippen molar-refractivity contribution in [2.75, 3.05) is 0 Å². The Morgan fingerprint density at radius 1 is 0.493 bits per heavy atom. The topological polar surface area (TPSA) is 76.3 Å². The number of benzene rings is 7. The molecule has 0 bridgehead atoms. The largest absolute Gasteiger partial charge is 0.269 e. The molecule has 0 amide bonds. The number of hydrogen-bond donors (Lipinski definition) is 0. The van der Waals surface area contributed by atoms with Crippen LogP contribution in [0, 0.1) is 0 Å². The van der Waals surface area contributed by atoms with Crippen molar-refractivity contribution in [1.82, 2.24) is 19.9 Å². The lowest BCUT2D eigenvalue weighted by molar-refractivity contribution is 1.26. The van der Waals surface area contributed by atoms with Gasteiger partial charge in [-0.05, 0) is 169 Å². The van der Waals surface area contributed by atoms with Gasteiger partial charge >= 0.3 is 0 Å². The Balaban J connectivity index is 0.000000248. The molecule has 0 saturated carbocycles. The van der Waals surface area contributed by atoms with Crippen molar-refractivity contribution >= 4 is 61.2 Å². The van der Waals surface area contributed by atoms with Crippen LogP contribution in [0.2, 0.25) is 0 Å². The number of nitrogens with zero attached hydrogens (tertiary/aromatic N) is 6. The van der Waals surface area contributed by atoms with Gasteiger partial charge in [0.2, 0.25) is 0 Å². The number of pyridine rings is 4. The van der Waals surface area contributed by atoms with Crippen LogP contribution in [0.1, 0.15) is 26.0 Å². The first-order chi connectivity index (χ1) is 36.8. The van der Waals surface area contributed by atoms with E-state index in [1.807, 2.05) is 87.4 Å². The first-order valence-corrected chi connectivity index (χ1v) is 24.7. The van der Waals surface area contributed by atoms with Crippen LogP contribution in [0.4, 0.5) is 0 Å². The Morgan fingerprint density at radius 3 is 1.65 bits per heavy atom. The van der Waals surface area contributed by atoms with E-state index in [4.69, 9.17) is 0 Å². The van der Waals surface area contributed by atoms with Crippen LogP contribution in [-0.4, -0.2) is 32.4 Å². The van der Waals surface area contributed by atoms with Crippen molar-refractivity contribution in [2.45, 2.75) is 20.3 Å². The molecular weight excluding hydrogens is 913 g/mol. The fraction of sp³-hybridized carbons (Fsp3) is 0.0435. The minimum atomic E-state index is 0.796. The Morgan fingerprint density at radius 2 is 1.05 bits per heavy atom. The molecule has 11 aromatic rings. The molecule has 75 heavy (non-hydrogen) atoms. The summed E-state index contributed by atoms with van der Waals surface area (Å²) in [5.74, 6) is 0. The molecule has 0 N–H and O–H groups in total. The second kappa shape index (κ2) is 25.6. The zero-order valence-electron chi connectivity index (χ0n) is 42.5. The molecule has 6 heteroatoms. The first-order valence-electron chi connectivity index (χ1n) is 24.7. The fourth-order valence-electron chi connectivity index (χ4n) is 8.88. The quantitative estimate of drug-likeness (QED) is 0.0529. The summed E-state index contributed by atoms with van der Waals surface area (Å²) in [7, 11) is 0. The summed E-state index contributed by atoms with van der Waals surface area (Å²) in [5, 5.41) is 8.75. The van der Waals surface area contributed by atoms with E-state index < -0.39 is 0 Å². The van der Waals surface area contributed by atoms with Crippen molar-refractivity contribution in [2.24, 2.45) is 9.98 Å². The molecule has 4 aromatic heterocycles. The van der Waals surface area contributed by atoms with Crippen LogP contribution in [-0.2, 0) is 0 Å². The Kier molecular flexibility index (Phi) is 17.6. The number of aromatic nitrogens is 4. The molecule has 4 heterocycles. The van der Waals surface area contributed by atoms with E-state index in [1.54, 1.807) is 24.6 Å². The molecule has 0 unspecified atom stereocenters. The third-order valence-electron chi connectivity index (χ3n) is 12.4. The Labute approximate surface area is 440 Å². The van der Waals surface area contributed by atoms with Crippen molar-refractivity contribution in [1.29, 1.82) is 0 Å². The maximum absolute atomic E-state index is 4.51. The number of allylic oxidation sites excluding steroid dienone is 5. The lowest BCUT2D eigenvalue weighted by atomic mass is 9.86. The normalized spacial score (nSPS) is 11.1. The molecule has 11 rings (SSSR count). The molecule has 0 fully saturated rings. The van der Waals surface area contributed by atoms with E-state index in [2.05, 4.69) is 196 Å². The lowest BCUT2D eigenvalue weighted by Crippen LogP contribution is -1.91. The van der Waals surface area contributed by atoms with E-state index in [0.29, 0.717) is 0 Å². The first kappa shape index (κ1) is 51.6. The molecule has 0 aliphatic carbocycles. The van der Waals surface area contributed by atoms with Crippen LogP contribution in [0.15, 0.2) is 280 Å². The van der Waals surface area contributed by atoms with Crippen LogP contribution < -0.4 is 0 Å². The molecule has 6 nitrogen and oxygen atoms in total. The summed E-state index contributed by atoms with van der Waals surface area (Å²) in [5.41, 5.74) is 15.6. The SMILES string of the molecule is C=CC.C=CN=CC(=C)C=C.C=CN=CC/C=C(\C)c1ccccn1.c1cncc(-c2cc(-c3cccnc3)cc(-c3ccc4ccc5c(-c6cccc(-c7ccc8ncccc8c7)c6)ccc6ccc3c4c65)c2)c1. The van der Waals surface area contributed by atoms with E-state index >= 15 is 0 Å². The number of aliphatic imine (C=N–C) groups is 2. The van der Waals surface area contributed by atoms with Crippen LogP contribution >= 0.6 is 0 Å². The molecule has 7 aromatic carbocycles. The molecule has 0 aliphatic rings. The van der Waals surface area contributed by atoms with E-state index in [9.17, 15) is 0 Å². The zero-order chi connectivity index (χ0) is 52.4. The maximum atomic E-state index is 4.51. The Bertz CT molecular complexity index is 3790. The van der Waals surface area contributed by atoms with E-state index in [0.717, 1.165) is 50.8 Å². The van der Waals surface area contributed by atoms with E-state index in [1.165, 1.54) is 83.7 Å². The molecular formula is C69H58N6. The average molecular weight is 971 g/mol. The number of fused-ring (bicyclic) bond motifs is 1. The third-order valence-corrected chi connectivity index (χ3v) is 12.4. The van der Waals surface area contributed by atoms with Gasteiger partial charge in [0.05, 0.1) is 11.2 Å². The summed E-state index contributed by atoms with van der Waals surface area (Å²) in [6.07, 6.45) is 23.8. The zero-order valence-corrected chi connectivity index (χ0v) is 42.5. The van der Waals surface area contributed by atoms with Crippen molar-refractivity contribution in [3.63, 3.8) is 0 Å². The average Bonchev–Trinajstić information content (AvgIpc) is 3.48. The van der Waals surface area contributed by atoms with Gasteiger partial charge < -0.3 is 0 Å². The second-order valence-corrected chi connectivity index (χ2v) is 17.4. The fourth-order valence-corrected chi connectivity index (χ4v) is 8.88. The lowest BCUT2D eigenvalue weighted by Gasteiger charge is -2.18. The standard InChI is InChI=1S/C47H29N3.C12H14N2.C7H9N.C3H6/c1-5-32(33-14-19-45-35(24-33)7-4-22-50-45)23-34(6-1)41-15-10-30-13-18-44-42(16-11-31-12-17-43(41)46(30)47(31)44)40-26-38(36-8-2-20-48-28-36)25-39(27-40)37-9-3-21-49-29-37;1-3-13-9-6-7-11(2)12-8-4-5-10-14-12;1-4-7(3)6-8-5-2;1-3-2/h1-29H;3-5,7-10H,1,6H2,2H3;4-6H,1-3H2;3H,1H2,2H3/b;11-7+,13-9?;;. The van der Waals surface area contributed by atoms with Gasteiger partial charge in [0.15, 0.2) is 0 Å².